The third kappa shape index (κ3) is 8.14. The lowest BCUT2D eigenvalue weighted by Gasteiger charge is -2.33. The first-order valence-corrected chi connectivity index (χ1v) is 15.0. The van der Waals surface area contributed by atoms with E-state index in [0.29, 0.717) is 70.9 Å². The summed E-state index contributed by atoms with van der Waals surface area (Å²) in [6, 6.07) is 18.4. The Hall–Kier alpha value is -5.53. The Morgan fingerprint density at radius 3 is 2.22 bits per heavy atom. The average molecular weight is 635 g/mol. The van der Waals surface area contributed by atoms with E-state index in [-0.39, 0.29) is 28.7 Å². The molecule has 232 valence electrons. The third-order valence-corrected chi connectivity index (χ3v) is 7.59. The number of hydrogen-bond acceptors (Lipinski definition) is 7. The highest BCUT2D eigenvalue weighted by atomic mass is 35.5. The molecule has 0 radical (unpaired) electrons. The topological polar surface area (TPSA) is 133 Å². The molecule has 3 amide bonds. The number of carbonyl (C=O) groups is 4. The number of nitrogens with one attached hydrogen (secondary N) is 3. The lowest BCUT2D eigenvalue weighted by Crippen LogP contribution is -2.42. The molecule has 0 aliphatic carbocycles. The Bertz CT molecular complexity index is 1870. The molecule has 2 aromatic heterocycles. The maximum absolute atomic E-state index is 13.4. The van der Waals surface area contributed by atoms with Gasteiger partial charge >= 0.3 is 6.03 Å². The number of aromatic nitrogens is 2. The number of halogens is 1. The van der Waals surface area contributed by atoms with Crippen LogP contribution >= 0.6 is 11.6 Å². The van der Waals surface area contributed by atoms with Crippen LogP contribution in [-0.2, 0) is 0 Å². The first-order chi connectivity index (χ1) is 22.2. The predicted octanol–water partition coefficient (Wildman–Crippen LogP) is 6.30. The summed E-state index contributed by atoms with van der Waals surface area (Å²) in [7, 11) is 0. The molecule has 1 fully saturated rings. The van der Waals surface area contributed by atoms with Crippen LogP contribution in [0.15, 0.2) is 79.1 Å². The SMILES string of the molecule is CC(=O)c1cccc(NC2CCN(C(=O)c3cccc(C#Cc4cc(NC(=O)Nc5ccnc(Cl)c5)ccn4)c3)CC2)c1C(C)=O. The van der Waals surface area contributed by atoms with Crippen LogP contribution in [0.4, 0.5) is 21.9 Å². The maximum Gasteiger partial charge on any atom is 0.323 e. The van der Waals surface area contributed by atoms with E-state index in [9.17, 15) is 19.2 Å². The molecule has 10 nitrogen and oxygen atoms in total. The molecule has 4 aromatic rings. The molecular weight excluding hydrogens is 604 g/mol. The van der Waals surface area contributed by atoms with Crippen LogP contribution < -0.4 is 16.0 Å². The number of nitrogens with zero attached hydrogens (tertiary/aromatic N) is 3. The van der Waals surface area contributed by atoms with Gasteiger partial charge in [-0.15, -0.1) is 0 Å². The molecule has 0 spiro atoms. The minimum atomic E-state index is -0.457. The Morgan fingerprint density at radius 2 is 1.52 bits per heavy atom. The summed E-state index contributed by atoms with van der Waals surface area (Å²) in [4.78, 5) is 60.1. The van der Waals surface area contributed by atoms with E-state index in [4.69, 9.17) is 11.6 Å². The van der Waals surface area contributed by atoms with Crippen LogP contribution in [-0.4, -0.2) is 57.5 Å². The van der Waals surface area contributed by atoms with Crippen molar-refractivity contribution in [1.82, 2.24) is 14.9 Å². The van der Waals surface area contributed by atoms with Crippen LogP contribution in [0.1, 0.15) is 69.0 Å². The summed E-state index contributed by atoms with van der Waals surface area (Å²) < 4.78 is 0. The van der Waals surface area contributed by atoms with Crippen molar-refractivity contribution in [2.75, 3.05) is 29.0 Å². The van der Waals surface area contributed by atoms with Crippen molar-refractivity contribution in [3.8, 4) is 11.8 Å². The number of hydrogen-bond donors (Lipinski definition) is 3. The standard InChI is InChI=1S/C35H31ClN6O4/c1-22(43)30-7-4-8-31(33(30)23(2)44)39-26-13-17-42(18-14-26)34(45)25-6-3-5-24(19-25)9-10-27-20-28(11-15-37-27)40-35(46)41-29-12-16-38-32(36)21-29/h3-8,11-12,15-16,19-21,26,39H,13-14,17-18H2,1-2H3,(H2,37,38,40,41,46). The maximum atomic E-state index is 13.4. The summed E-state index contributed by atoms with van der Waals surface area (Å²) in [5.41, 5.74) is 4.08. The fourth-order valence-corrected chi connectivity index (χ4v) is 5.37. The second-order valence-corrected chi connectivity index (χ2v) is 11.1. The summed E-state index contributed by atoms with van der Waals surface area (Å²) >= 11 is 5.87. The summed E-state index contributed by atoms with van der Waals surface area (Å²) in [5, 5.41) is 9.11. The van der Waals surface area contributed by atoms with Crippen LogP contribution in [0.2, 0.25) is 5.15 Å². The van der Waals surface area contributed by atoms with Gasteiger partial charge in [0.1, 0.15) is 10.8 Å². The molecule has 5 rings (SSSR count). The van der Waals surface area contributed by atoms with Crippen LogP contribution in [0.5, 0.6) is 0 Å². The number of benzene rings is 2. The quantitative estimate of drug-likeness (QED) is 0.123. The minimum absolute atomic E-state index is 0.0551. The second-order valence-electron chi connectivity index (χ2n) is 10.8. The number of urea groups is 1. The summed E-state index contributed by atoms with van der Waals surface area (Å²) in [6.45, 7) is 3.99. The van der Waals surface area contributed by atoms with Gasteiger partial charge in [0.05, 0.1) is 5.56 Å². The zero-order valence-electron chi connectivity index (χ0n) is 25.3. The predicted molar refractivity (Wildman–Crippen MR) is 178 cm³/mol. The van der Waals surface area contributed by atoms with E-state index in [0.717, 1.165) is 0 Å². The van der Waals surface area contributed by atoms with Gasteiger partial charge in [-0.05, 0) is 81.1 Å². The fourth-order valence-electron chi connectivity index (χ4n) is 5.19. The molecule has 1 aliphatic rings. The van der Waals surface area contributed by atoms with E-state index in [1.165, 1.54) is 26.1 Å². The number of carbonyl (C=O) groups excluding carboxylic acids is 4. The number of pyridine rings is 2. The minimum Gasteiger partial charge on any atom is -0.382 e. The summed E-state index contributed by atoms with van der Waals surface area (Å²) in [5.74, 6) is 5.63. The molecule has 0 bridgehead atoms. The van der Waals surface area contributed by atoms with Gasteiger partial charge in [-0.3, -0.25) is 14.4 Å². The van der Waals surface area contributed by atoms with E-state index in [2.05, 4.69) is 37.8 Å². The number of anilines is 3. The smallest absolute Gasteiger partial charge is 0.323 e. The number of piperidine rings is 1. The van der Waals surface area contributed by atoms with Gasteiger partial charge in [0.2, 0.25) is 0 Å². The Kier molecular flexibility index (Phi) is 10.0. The highest BCUT2D eigenvalue weighted by molar-refractivity contribution is 6.29. The van der Waals surface area contributed by atoms with Crippen molar-refractivity contribution >= 4 is 52.2 Å². The second kappa shape index (κ2) is 14.5. The van der Waals surface area contributed by atoms with Gasteiger partial charge in [-0.1, -0.05) is 35.7 Å². The summed E-state index contributed by atoms with van der Waals surface area (Å²) in [6.07, 6.45) is 4.42. The van der Waals surface area contributed by atoms with Crippen molar-refractivity contribution in [3.63, 3.8) is 0 Å². The zero-order chi connectivity index (χ0) is 32.6. The average Bonchev–Trinajstić information content (AvgIpc) is 3.04. The zero-order valence-corrected chi connectivity index (χ0v) is 26.0. The fraction of sp³-hybridized carbons (Fsp3) is 0.200. The lowest BCUT2D eigenvalue weighted by atomic mass is 9.97. The Morgan fingerprint density at radius 1 is 0.826 bits per heavy atom. The molecule has 3 heterocycles. The largest absolute Gasteiger partial charge is 0.382 e. The molecule has 0 saturated carbocycles. The highest BCUT2D eigenvalue weighted by Gasteiger charge is 2.25. The van der Waals surface area contributed by atoms with Crippen molar-refractivity contribution in [2.24, 2.45) is 0 Å². The number of rotatable bonds is 7. The normalized spacial score (nSPS) is 12.8. The van der Waals surface area contributed by atoms with Gasteiger partial charge < -0.3 is 20.9 Å². The number of amides is 3. The third-order valence-electron chi connectivity index (χ3n) is 7.38. The monoisotopic (exact) mass is 634 g/mol. The van der Waals surface area contributed by atoms with Crippen LogP contribution in [0.25, 0.3) is 0 Å². The molecule has 11 heteroatoms. The molecule has 2 aromatic carbocycles. The van der Waals surface area contributed by atoms with Crippen molar-refractivity contribution in [2.45, 2.75) is 32.7 Å². The van der Waals surface area contributed by atoms with Gasteiger partial charge in [-0.2, -0.15) is 0 Å². The van der Waals surface area contributed by atoms with Crippen molar-refractivity contribution < 1.29 is 19.2 Å². The van der Waals surface area contributed by atoms with E-state index >= 15 is 0 Å². The van der Waals surface area contributed by atoms with E-state index in [1.807, 2.05) is 17.0 Å². The molecule has 0 atom stereocenters. The van der Waals surface area contributed by atoms with Gasteiger partial charge in [0, 0.05) is 65.3 Å². The molecule has 1 saturated heterocycles. The van der Waals surface area contributed by atoms with Crippen LogP contribution in [0.3, 0.4) is 0 Å². The van der Waals surface area contributed by atoms with Gasteiger partial charge in [0.15, 0.2) is 11.6 Å². The molecule has 46 heavy (non-hydrogen) atoms. The molecule has 1 aliphatic heterocycles. The van der Waals surface area contributed by atoms with E-state index in [1.54, 1.807) is 54.7 Å². The van der Waals surface area contributed by atoms with E-state index < -0.39 is 6.03 Å². The highest BCUT2D eigenvalue weighted by Crippen LogP contribution is 2.25. The number of ketones is 2. The van der Waals surface area contributed by atoms with Crippen LogP contribution in [0, 0.1) is 11.8 Å². The molecular formula is C35H31ClN6O4. The van der Waals surface area contributed by atoms with Crippen molar-refractivity contribution in [1.29, 1.82) is 0 Å². The Labute approximate surface area is 271 Å². The first-order valence-electron chi connectivity index (χ1n) is 14.6. The lowest BCUT2D eigenvalue weighted by molar-refractivity contribution is 0.0718. The van der Waals surface area contributed by atoms with Crippen molar-refractivity contribution in [3.05, 3.63) is 112 Å². The Balaban J connectivity index is 1.19. The van der Waals surface area contributed by atoms with Gasteiger partial charge in [0.25, 0.3) is 5.91 Å². The molecule has 0 unspecified atom stereocenters. The first kappa shape index (κ1) is 31.9. The molecule has 3 N–H and O–H groups in total. The number of likely N-dealkylation sites (tertiary alicyclic amines) is 1. The van der Waals surface area contributed by atoms with Gasteiger partial charge in [-0.25, -0.2) is 14.8 Å². The number of Topliss-reactive ketones (excluding diaryl/α,β-unsaturated/α-hetero) is 2.